The number of hydrogen-bond acceptors (Lipinski definition) is 2. The van der Waals surface area contributed by atoms with Crippen molar-refractivity contribution in [3.63, 3.8) is 0 Å². The fraction of sp³-hybridized carbons (Fsp3) is 0. The summed E-state index contributed by atoms with van der Waals surface area (Å²) in [6.07, 6.45) is 0. The number of nitrogens with zero attached hydrogens (tertiary/aromatic N) is 4. The molecule has 2 heterocycles. The molecule has 8 rings (SSSR count). The van der Waals surface area contributed by atoms with Gasteiger partial charge in [0.1, 0.15) is 0 Å². The summed E-state index contributed by atoms with van der Waals surface area (Å²) in [7, 11) is 0. The van der Waals surface area contributed by atoms with Gasteiger partial charge in [0.25, 0.3) is 0 Å². The Hall–Kier alpha value is -6.10. The number of fused-ring (bicyclic) bond motifs is 6. The highest BCUT2D eigenvalue weighted by atomic mass is 15.0. The van der Waals surface area contributed by atoms with Crippen molar-refractivity contribution in [2.45, 2.75) is 0 Å². The highest BCUT2D eigenvalue weighted by Crippen LogP contribution is 2.44. The zero-order valence-corrected chi connectivity index (χ0v) is 22.5. The normalized spacial score (nSPS) is 11.3. The minimum Gasteiger partial charge on any atom is -0.309 e. The minimum atomic E-state index is 0.455. The number of nitriles is 2. The predicted octanol–water partition coefficient (Wildman–Crippen LogP) is 9.29. The van der Waals surface area contributed by atoms with Gasteiger partial charge < -0.3 is 9.13 Å². The van der Waals surface area contributed by atoms with E-state index in [4.69, 9.17) is 0 Å². The van der Waals surface area contributed by atoms with Crippen molar-refractivity contribution in [3.8, 4) is 34.6 Å². The minimum absolute atomic E-state index is 0.455. The topological polar surface area (TPSA) is 57.4 Å². The van der Waals surface area contributed by atoms with Crippen LogP contribution in [0.4, 0.5) is 0 Å². The maximum atomic E-state index is 9.96. The Bertz CT molecular complexity index is 2340. The van der Waals surface area contributed by atoms with Gasteiger partial charge in [0.15, 0.2) is 0 Å². The SMILES string of the molecule is N#Cc1cc(C#N)cc(-c2c(-n3c4ccccc4c4ccccc43)ccc3c4ccccc4n(-c4ccccc4)c23)c1. The third-order valence-corrected chi connectivity index (χ3v) is 8.13. The Kier molecular flexibility index (Phi) is 5.22. The van der Waals surface area contributed by atoms with Crippen LogP contribution in [0.3, 0.4) is 0 Å². The van der Waals surface area contributed by atoms with Crippen LogP contribution in [-0.2, 0) is 0 Å². The standard InChI is InChI=1S/C38H22N4/c39-23-25-20-26(24-40)22-27(21-25)37-36(42-34-16-8-4-12-29(34)30-13-5-9-17-35(30)42)19-18-32-31-14-6-7-15-33(31)41(38(32)37)28-10-2-1-3-11-28/h1-22H. The van der Waals surface area contributed by atoms with Crippen LogP contribution in [0, 0.1) is 22.7 Å². The third-order valence-electron chi connectivity index (χ3n) is 8.13. The Labute approximate surface area is 242 Å². The van der Waals surface area contributed by atoms with E-state index in [0.717, 1.165) is 55.3 Å². The zero-order valence-electron chi connectivity index (χ0n) is 22.5. The summed E-state index contributed by atoms with van der Waals surface area (Å²) < 4.78 is 4.63. The van der Waals surface area contributed by atoms with Crippen molar-refractivity contribution >= 4 is 43.6 Å². The first-order valence-electron chi connectivity index (χ1n) is 13.8. The first-order chi connectivity index (χ1) is 20.8. The van der Waals surface area contributed by atoms with Crippen LogP contribution in [0.1, 0.15) is 11.1 Å². The molecule has 194 valence electrons. The maximum absolute atomic E-state index is 9.96. The van der Waals surface area contributed by atoms with Gasteiger partial charge >= 0.3 is 0 Å². The summed E-state index contributed by atoms with van der Waals surface area (Å²) in [5.41, 5.74) is 9.04. The van der Waals surface area contributed by atoms with Crippen LogP contribution >= 0.6 is 0 Å². The molecule has 0 radical (unpaired) electrons. The Morgan fingerprint density at radius 1 is 0.452 bits per heavy atom. The highest BCUT2D eigenvalue weighted by Gasteiger charge is 2.23. The van der Waals surface area contributed by atoms with Gasteiger partial charge in [-0.3, -0.25) is 0 Å². The molecule has 0 aliphatic rings. The molecule has 0 unspecified atom stereocenters. The Morgan fingerprint density at radius 2 is 0.952 bits per heavy atom. The van der Waals surface area contributed by atoms with Gasteiger partial charge in [-0.2, -0.15) is 10.5 Å². The monoisotopic (exact) mass is 534 g/mol. The van der Waals surface area contributed by atoms with Gasteiger partial charge in [-0.25, -0.2) is 0 Å². The number of rotatable bonds is 3. The summed E-state index contributed by atoms with van der Waals surface area (Å²) in [4.78, 5) is 0. The molecule has 4 nitrogen and oxygen atoms in total. The smallest absolute Gasteiger partial charge is 0.0992 e. The van der Waals surface area contributed by atoms with Crippen molar-refractivity contribution in [2.75, 3.05) is 0 Å². The van der Waals surface area contributed by atoms with Gasteiger partial charge in [0.05, 0.1) is 51.0 Å². The van der Waals surface area contributed by atoms with Gasteiger partial charge in [-0.1, -0.05) is 78.9 Å². The lowest BCUT2D eigenvalue weighted by atomic mass is 9.96. The zero-order chi connectivity index (χ0) is 28.2. The number of para-hydroxylation sites is 4. The fourth-order valence-electron chi connectivity index (χ4n) is 6.45. The van der Waals surface area contributed by atoms with Crippen molar-refractivity contribution in [1.82, 2.24) is 9.13 Å². The van der Waals surface area contributed by atoms with Crippen molar-refractivity contribution in [1.29, 1.82) is 10.5 Å². The molecule has 0 atom stereocenters. The van der Waals surface area contributed by atoms with Crippen LogP contribution in [-0.4, -0.2) is 9.13 Å². The summed E-state index contributed by atoms with van der Waals surface area (Å²) in [5.74, 6) is 0. The Balaban J connectivity index is 1.64. The van der Waals surface area contributed by atoms with E-state index in [-0.39, 0.29) is 0 Å². The molecule has 0 saturated carbocycles. The van der Waals surface area contributed by atoms with Crippen LogP contribution in [0.2, 0.25) is 0 Å². The first-order valence-corrected chi connectivity index (χ1v) is 13.8. The molecule has 42 heavy (non-hydrogen) atoms. The first kappa shape index (κ1) is 23.8. The van der Waals surface area contributed by atoms with E-state index in [2.05, 4.69) is 130 Å². The molecule has 8 aromatic rings. The van der Waals surface area contributed by atoms with Crippen molar-refractivity contribution < 1.29 is 0 Å². The van der Waals surface area contributed by atoms with E-state index in [9.17, 15) is 10.5 Å². The van der Waals surface area contributed by atoms with E-state index >= 15 is 0 Å². The molecule has 4 heteroatoms. The van der Waals surface area contributed by atoms with Crippen molar-refractivity contribution in [2.24, 2.45) is 0 Å². The number of hydrogen-bond donors (Lipinski definition) is 0. The van der Waals surface area contributed by atoms with E-state index in [1.54, 1.807) is 6.07 Å². The highest BCUT2D eigenvalue weighted by molar-refractivity contribution is 6.17. The summed E-state index contributed by atoms with van der Waals surface area (Å²) >= 11 is 0. The number of aromatic nitrogens is 2. The van der Waals surface area contributed by atoms with Gasteiger partial charge in [0, 0.05) is 32.8 Å². The quantitative estimate of drug-likeness (QED) is 0.227. The molecule has 0 amide bonds. The summed E-state index contributed by atoms with van der Waals surface area (Å²) in [6.45, 7) is 0. The molecule has 0 aliphatic heterocycles. The average molecular weight is 535 g/mol. The lowest BCUT2D eigenvalue weighted by Gasteiger charge is -2.18. The molecule has 0 fully saturated rings. The Morgan fingerprint density at radius 3 is 1.52 bits per heavy atom. The molecule has 0 saturated heterocycles. The second kappa shape index (κ2) is 9.24. The maximum Gasteiger partial charge on any atom is 0.0992 e. The molecular weight excluding hydrogens is 512 g/mol. The van der Waals surface area contributed by atoms with Crippen LogP contribution < -0.4 is 0 Å². The lowest BCUT2D eigenvalue weighted by molar-refractivity contribution is 1.16. The molecule has 6 aromatic carbocycles. The lowest BCUT2D eigenvalue weighted by Crippen LogP contribution is -2.02. The van der Waals surface area contributed by atoms with Gasteiger partial charge in [-0.15, -0.1) is 0 Å². The molecule has 0 aliphatic carbocycles. The van der Waals surface area contributed by atoms with E-state index in [0.29, 0.717) is 11.1 Å². The van der Waals surface area contributed by atoms with E-state index in [1.807, 2.05) is 18.2 Å². The van der Waals surface area contributed by atoms with Crippen LogP contribution in [0.5, 0.6) is 0 Å². The fourth-order valence-corrected chi connectivity index (χ4v) is 6.45. The van der Waals surface area contributed by atoms with E-state index < -0.39 is 0 Å². The van der Waals surface area contributed by atoms with Crippen molar-refractivity contribution in [3.05, 3.63) is 145 Å². The molecule has 2 aromatic heterocycles. The van der Waals surface area contributed by atoms with Crippen LogP contribution in [0.25, 0.3) is 66.1 Å². The molecule has 0 bridgehead atoms. The van der Waals surface area contributed by atoms with Crippen LogP contribution in [0.15, 0.2) is 133 Å². The van der Waals surface area contributed by atoms with Gasteiger partial charge in [0.2, 0.25) is 0 Å². The molecule has 0 spiro atoms. The molecule has 0 N–H and O–H groups in total. The predicted molar refractivity (Wildman–Crippen MR) is 170 cm³/mol. The average Bonchev–Trinajstić information content (AvgIpc) is 3.57. The second-order valence-corrected chi connectivity index (χ2v) is 10.4. The number of benzene rings is 6. The summed E-state index contributed by atoms with van der Waals surface area (Å²) in [6, 6.07) is 50.2. The third kappa shape index (κ3) is 3.40. The van der Waals surface area contributed by atoms with Gasteiger partial charge in [-0.05, 0) is 60.2 Å². The van der Waals surface area contributed by atoms with E-state index in [1.165, 1.54) is 10.8 Å². The largest absolute Gasteiger partial charge is 0.309 e. The second-order valence-electron chi connectivity index (χ2n) is 10.4. The molecular formula is C38H22N4. The summed E-state index contributed by atoms with van der Waals surface area (Å²) in [5, 5.41) is 24.5.